The molecule has 0 spiro atoms. The minimum Gasteiger partial charge on any atom is -0.303 e. The third-order valence-corrected chi connectivity index (χ3v) is 1.52. The lowest BCUT2D eigenvalue weighted by atomic mass is 10.1. The quantitative estimate of drug-likeness (QED) is 0.501. The van der Waals surface area contributed by atoms with Gasteiger partial charge in [-0.1, -0.05) is 5.17 Å². The molecule has 9 heavy (non-hydrogen) atoms. The maximum Gasteiger partial charge on any atom is 0.0793 e. The molecule has 0 aromatic heterocycles. The number of fused-ring (bicyclic) bond motifs is 1. The van der Waals surface area contributed by atoms with E-state index in [0.29, 0.717) is 6.04 Å². The molecule has 0 amide bonds. The van der Waals surface area contributed by atoms with E-state index in [1.807, 2.05) is 6.20 Å². The summed E-state index contributed by atoms with van der Waals surface area (Å²) in [6, 6.07) is 0.360. The van der Waals surface area contributed by atoms with Gasteiger partial charge < -0.3 is 5.43 Å². The number of nitrogens with one attached hydrogen (secondary N) is 1. The molecule has 1 unspecified atom stereocenters. The van der Waals surface area contributed by atoms with Crippen molar-refractivity contribution in [2.24, 2.45) is 0 Å². The van der Waals surface area contributed by atoms with Crippen molar-refractivity contribution in [3.8, 4) is 0 Å². The maximum absolute atomic E-state index is 5.23. The van der Waals surface area contributed by atoms with Crippen molar-refractivity contribution in [2.75, 3.05) is 6.61 Å². The summed E-state index contributed by atoms with van der Waals surface area (Å²) >= 11 is 0. The van der Waals surface area contributed by atoms with E-state index in [0.717, 1.165) is 13.0 Å². The topological polar surface area (TPSA) is 24.5 Å². The zero-order chi connectivity index (χ0) is 6.10. The number of hydrazine groups is 1. The molecule has 1 N–H and O–H groups in total. The second-order valence-electron chi connectivity index (χ2n) is 2.16. The maximum atomic E-state index is 5.23. The van der Waals surface area contributed by atoms with Gasteiger partial charge in [0.1, 0.15) is 0 Å². The van der Waals surface area contributed by atoms with Crippen molar-refractivity contribution in [2.45, 2.75) is 12.5 Å². The summed E-state index contributed by atoms with van der Waals surface area (Å²) in [6.45, 7) is 0.797. The Labute approximate surface area is 54.2 Å². The van der Waals surface area contributed by atoms with Crippen LogP contribution in [-0.4, -0.2) is 17.8 Å². The lowest BCUT2D eigenvalue weighted by Gasteiger charge is -2.27. The second-order valence-corrected chi connectivity index (χ2v) is 2.16. The minimum absolute atomic E-state index is 0.360. The van der Waals surface area contributed by atoms with Crippen LogP contribution in [0.5, 0.6) is 0 Å². The normalized spacial score (nSPS) is 34.0. The largest absolute Gasteiger partial charge is 0.303 e. The molecule has 2 aliphatic rings. The molecule has 3 heteroatoms. The van der Waals surface area contributed by atoms with Gasteiger partial charge >= 0.3 is 0 Å². The minimum atomic E-state index is 0.360. The first kappa shape index (κ1) is 5.26. The van der Waals surface area contributed by atoms with Gasteiger partial charge in [-0.05, 0) is 18.9 Å². The standard InChI is InChI=1S/C6H9N2O/c1-2-6-3-4-7-8(6)9-5-1/h2-4,6-7H,1,5H2. The summed E-state index contributed by atoms with van der Waals surface area (Å²) in [7, 11) is 0. The van der Waals surface area contributed by atoms with E-state index in [1.165, 1.54) is 0 Å². The molecule has 2 aliphatic heterocycles. The van der Waals surface area contributed by atoms with E-state index in [4.69, 9.17) is 4.84 Å². The molecule has 3 nitrogen and oxygen atoms in total. The molecule has 2 rings (SSSR count). The Bertz CT molecular complexity index is 135. The summed E-state index contributed by atoms with van der Waals surface area (Å²) in [5.41, 5.74) is 2.96. The zero-order valence-corrected chi connectivity index (χ0v) is 5.08. The molecule has 0 saturated carbocycles. The van der Waals surface area contributed by atoms with E-state index in [2.05, 4.69) is 17.9 Å². The Kier molecular flexibility index (Phi) is 1.17. The summed E-state index contributed by atoms with van der Waals surface area (Å²) in [4.78, 5) is 5.23. The molecule has 1 fully saturated rings. The molecule has 0 aliphatic carbocycles. The van der Waals surface area contributed by atoms with Crippen molar-refractivity contribution in [3.05, 3.63) is 18.7 Å². The van der Waals surface area contributed by atoms with Gasteiger partial charge in [-0.3, -0.25) is 4.84 Å². The average Bonchev–Trinajstić information content (AvgIpc) is 2.33. The number of hydroxylamine groups is 1. The van der Waals surface area contributed by atoms with Gasteiger partial charge in [0.2, 0.25) is 0 Å². The smallest absolute Gasteiger partial charge is 0.0793 e. The third-order valence-electron chi connectivity index (χ3n) is 1.52. The van der Waals surface area contributed by atoms with Gasteiger partial charge in [0.25, 0.3) is 0 Å². The van der Waals surface area contributed by atoms with Crippen LogP contribution in [0.4, 0.5) is 0 Å². The van der Waals surface area contributed by atoms with E-state index in [9.17, 15) is 0 Å². The SMILES string of the molecule is [CH]1CCON2NC=CC12. The molecule has 1 radical (unpaired) electrons. The summed E-state index contributed by atoms with van der Waals surface area (Å²) in [5, 5.41) is 1.75. The molecule has 1 atom stereocenters. The summed E-state index contributed by atoms with van der Waals surface area (Å²) < 4.78 is 0. The monoisotopic (exact) mass is 125 g/mol. The highest BCUT2D eigenvalue weighted by Crippen LogP contribution is 2.15. The van der Waals surface area contributed by atoms with Crippen LogP contribution < -0.4 is 5.43 Å². The van der Waals surface area contributed by atoms with Crippen molar-refractivity contribution < 1.29 is 4.84 Å². The molecule has 49 valence electrons. The lowest BCUT2D eigenvalue weighted by molar-refractivity contribution is -0.205. The van der Waals surface area contributed by atoms with Gasteiger partial charge in [0.05, 0.1) is 12.6 Å². The first-order valence-corrected chi connectivity index (χ1v) is 3.15. The van der Waals surface area contributed by atoms with Gasteiger partial charge in [-0.2, -0.15) is 0 Å². The van der Waals surface area contributed by atoms with E-state index < -0.39 is 0 Å². The molecule has 0 aromatic rings. The predicted molar refractivity (Wildman–Crippen MR) is 32.8 cm³/mol. The molecule has 1 saturated heterocycles. The van der Waals surface area contributed by atoms with Crippen molar-refractivity contribution in [1.82, 2.24) is 10.6 Å². The predicted octanol–water partition coefficient (Wildman–Crippen LogP) is 0.228. The van der Waals surface area contributed by atoms with E-state index in [1.54, 1.807) is 5.17 Å². The fourth-order valence-electron chi connectivity index (χ4n) is 1.07. The van der Waals surface area contributed by atoms with Gasteiger partial charge in [-0.15, -0.1) is 0 Å². The summed E-state index contributed by atoms with van der Waals surface area (Å²) in [5.74, 6) is 0. The van der Waals surface area contributed by atoms with Crippen molar-refractivity contribution in [3.63, 3.8) is 0 Å². The fraction of sp³-hybridized carbons (Fsp3) is 0.500. The van der Waals surface area contributed by atoms with Gasteiger partial charge in [-0.25, -0.2) is 0 Å². The molecular formula is C6H9N2O. The fourth-order valence-corrected chi connectivity index (χ4v) is 1.07. The van der Waals surface area contributed by atoms with Crippen LogP contribution in [0.25, 0.3) is 0 Å². The molecule has 0 bridgehead atoms. The zero-order valence-electron chi connectivity index (χ0n) is 5.08. The number of hydrogen-bond donors (Lipinski definition) is 1. The van der Waals surface area contributed by atoms with Crippen LogP contribution in [-0.2, 0) is 4.84 Å². The molecular weight excluding hydrogens is 116 g/mol. The van der Waals surface area contributed by atoms with Crippen molar-refractivity contribution in [1.29, 1.82) is 0 Å². The first-order chi connectivity index (χ1) is 4.47. The van der Waals surface area contributed by atoms with Gasteiger partial charge in [0, 0.05) is 6.20 Å². The highest BCUT2D eigenvalue weighted by molar-refractivity contribution is 5.04. The summed E-state index contributed by atoms with van der Waals surface area (Å²) in [6.07, 6.45) is 7.23. The number of hydrogen-bond acceptors (Lipinski definition) is 3. The highest BCUT2D eigenvalue weighted by Gasteiger charge is 2.23. The third kappa shape index (κ3) is 0.821. The Morgan fingerprint density at radius 2 is 2.67 bits per heavy atom. The molecule has 2 heterocycles. The van der Waals surface area contributed by atoms with Crippen LogP contribution in [0.3, 0.4) is 0 Å². The average molecular weight is 125 g/mol. The van der Waals surface area contributed by atoms with Crippen LogP contribution in [0, 0.1) is 6.42 Å². The van der Waals surface area contributed by atoms with Crippen LogP contribution >= 0.6 is 0 Å². The number of nitrogens with zero attached hydrogens (tertiary/aromatic N) is 1. The van der Waals surface area contributed by atoms with Gasteiger partial charge in [0.15, 0.2) is 0 Å². The van der Waals surface area contributed by atoms with E-state index in [-0.39, 0.29) is 0 Å². The van der Waals surface area contributed by atoms with Crippen molar-refractivity contribution >= 4 is 0 Å². The Balaban J connectivity index is 2.03. The first-order valence-electron chi connectivity index (χ1n) is 3.15. The van der Waals surface area contributed by atoms with Crippen LogP contribution in [0.2, 0.25) is 0 Å². The molecule has 0 aromatic carbocycles. The number of rotatable bonds is 0. The van der Waals surface area contributed by atoms with Crippen LogP contribution in [0.15, 0.2) is 12.3 Å². The Morgan fingerprint density at radius 3 is 3.56 bits per heavy atom. The Morgan fingerprint density at radius 1 is 1.67 bits per heavy atom. The Hall–Kier alpha value is -0.540. The lowest BCUT2D eigenvalue weighted by Crippen LogP contribution is -2.41. The van der Waals surface area contributed by atoms with Crippen LogP contribution in [0.1, 0.15) is 6.42 Å². The van der Waals surface area contributed by atoms with E-state index >= 15 is 0 Å². The highest BCUT2D eigenvalue weighted by atomic mass is 16.7. The second kappa shape index (κ2) is 2.01.